The quantitative estimate of drug-likeness (QED) is 0.443. The number of thiophene rings is 1. The molecule has 1 atom stereocenters. The first-order chi connectivity index (χ1) is 16.8. The van der Waals surface area contributed by atoms with Gasteiger partial charge in [0.2, 0.25) is 0 Å². The number of carbonyl (C=O) groups is 2. The maximum Gasteiger partial charge on any atom is 0.325 e. The van der Waals surface area contributed by atoms with Crippen molar-refractivity contribution in [2.75, 3.05) is 26.9 Å². The van der Waals surface area contributed by atoms with Crippen molar-refractivity contribution >= 4 is 66.4 Å². The van der Waals surface area contributed by atoms with Gasteiger partial charge in [-0.3, -0.25) is 9.59 Å². The van der Waals surface area contributed by atoms with Gasteiger partial charge in [-0.05, 0) is 25.0 Å². The van der Waals surface area contributed by atoms with Crippen LogP contribution in [0.3, 0.4) is 0 Å². The molecule has 5 rings (SSSR count). The lowest BCUT2D eigenvalue weighted by Crippen LogP contribution is -2.40. The number of ether oxygens (including phenoxy) is 3. The zero-order chi connectivity index (χ0) is 24.7. The summed E-state index contributed by atoms with van der Waals surface area (Å²) >= 11 is 8.07. The summed E-state index contributed by atoms with van der Waals surface area (Å²) < 4.78 is 46.3. The second-order valence-electron chi connectivity index (χ2n) is 7.79. The molecule has 14 heteroatoms. The largest absolute Gasteiger partial charge is 0.486 e. The monoisotopic (exact) mass is 557 g/mol. The van der Waals surface area contributed by atoms with Crippen molar-refractivity contribution in [3.63, 3.8) is 0 Å². The van der Waals surface area contributed by atoms with Crippen LogP contribution in [0.5, 0.6) is 11.5 Å². The lowest BCUT2D eigenvalue weighted by Gasteiger charge is -2.20. The Bertz CT molecular complexity index is 1490. The fraction of sp³-hybridized carbons (Fsp3) is 0.381. The Labute approximate surface area is 213 Å². The van der Waals surface area contributed by atoms with Crippen LogP contribution in [0.2, 0.25) is 4.34 Å². The Morgan fingerprint density at radius 3 is 2.63 bits per heavy atom. The third-order valence-electron chi connectivity index (χ3n) is 5.67. The maximum absolute atomic E-state index is 13.3. The van der Waals surface area contributed by atoms with Gasteiger partial charge in [0.15, 0.2) is 16.3 Å². The Balaban J connectivity index is 1.55. The number of rotatable bonds is 5. The number of methoxy groups -OCH3 is 1. The number of fused-ring (bicyclic) bond motifs is 2. The van der Waals surface area contributed by atoms with Crippen LogP contribution in [0, 0.1) is 0 Å². The molecule has 0 saturated carbocycles. The molecule has 1 aromatic carbocycles. The van der Waals surface area contributed by atoms with Gasteiger partial charge in [0.25, 0.3) is 15.9 Å². The molecule has 10 nitrogen and oxygen atoms in total. The number of aromatic nitrogens is 1. The Hall–Kier alpha value is -2.45. The highest BCUT2D eigenvalue weighted by Crippen LogP contribution is 2.36. The van der Waals surface area contributed by atoms with E-state index < -0.39 is 27.9 Å². The third kappa shape index (κ3) is 4.58. The number of halogens is 1. The van der Waals surface area contributed by atoms with Gasteiger partial charge in [0.05, 0.1) is 21.7 Å². The number of hydrogen-bond acceptors (Lipinski definition) is 9. The van der Waals surface area contributed by atoms with Gasteiger partial charge in [-0.1, -0.05) is 22.9 Å². The fourth-order valence-corrected chi connectivity index (χ4v) is 8.34. The zero-order valence-electron chi connectivity index (χ0n) is 18.4. The van der Waals surface area contributed by atoms with E-state index in [0.717, 1.165) is 16.0 Å². The highest BCUT2D eigenvalue weighted by Gasteiger charge is 2.40. The number of hydrogen-bond donors (Lipinski definition) is 0. The normalized spacial score (nSPS) is 18.8. The van der Waals surface area contributed by atoms with Crippen LogP contribution < -0.4 is 14.3 Å². The van der Waals surface area contributed by atoms with E-state index in [1.165, 1.54) is 34.9 Å². The molecule has 2 aliphatic rings. The highest BCUT2D eigenvalue weighted by molar-refractivity contribution is 7.91. The summed E-state index contributed by atoms with van der Waals surface area (Å²) in [6.45, 7) is 0.850. The summed E-state index contributed by atoms with van der Waals surface area (Å²) in [5.74, 6) is -0.0271. The van der Waals surface area contributed by atoms with E-state index in [4.69, 9.17) is 25.8 Å². The summed E-state index contributed by atoms with van der Waals surface area (Å²) in [6, 6.07) is 5.51. The summed E-state index contributed by atoms with van der Waals surface area (Å²) in [5.41, 5.74) is 0.625. The van der Waals surface area contributed by atoms with E-state index in [1.807, 2.05) is 0 Å². The van der Waals surface area contributed by atoms with Crippen molar-refractivity contribution in [3.05, 3.63) is 33.4 Å². The van der Waals surface area contributed by atoms with E-state index >= 15 is 0 Å². The Morgan fingerprint density at radius 1 is 1.20 bits per heavy atom. The minimum Gasteiger partial charge on any atom is -0.486 e. The smallest absolute Gasteiger partial charge is 0.325 e. The minimum absolute atomic E-state index is 0.0791. The molecule has 3 aromatic rings. The van der Waals surface area contributed by atoms with Gasteiger partial charge in [0, 0.05) is 18.7 Å². The first-order valence-corrected chi connectivity index (χ1v) is 14.1. The van der Waals surface area contributed by atoms with Crippen molar-refractivity contribution in [2.45, 2.75) is 29.6 Å². The van der Waals surface area contributed by atoms with Crippen LogP contribution in [-0.2, 0) is 30.9 Å². The molecule has 0 N–H and O–H groups in total. The van der Waals surface area contributed by atoms with Crippen molar-refractivity contribution < 1.29 is 32.2 Å². The molecule has 0 radical (unpaired) electrons. The molecular weight excluding hydrogens is 538 g/mol. The van der Waals surface area contributed by atoms with Gasteiger partial charge in [-0.25, -0.2) is 8.42 Å². The average Bonchev–Trinajstić information content (AvgIpc) is 3.57. The fourth-order valence-electron chi connectivity index (χ4n) is 4.03. The van der Waals surface area contributed by atoms with Gasteiger partial charge < -0.3 is 18.8 Å². The van der Waals surface area contributed by atoms with E-state index in [0.29, 0.717) is 47.4 Å². The lowest BCUT2D eigenvalue weighted by atomic mass is 10.2. The van der Waals surface area contributed by atoms with Crippen LogP contribution in [0.15, 0.2) is 33.5 Å². The second kappa shape index (κ2) is 9.54. The zero-order valence-corrected chi connectivity index (χ0v) is 21.6. The summed E-state index contributed by atoms with van der Waals surface area (Å²) in [7, 11) is -2.62. The number of esters is 1. The van der Waals surface area contributed by atoms with E-state index in [9.17, 15) is 18.0 Å². The third-order valence-corrected chi connectivity index (χ3v) is 10.3. The predicted octanol–water partition coefficient (Wildman–Crippen LogP) is 2.64. The summed E-state index contributed by atoms with van der Waals surface area (Å²) in [4.78, 5) is 29.9. The van der Waals surface area contributed by atoms with Crippen LogP contribution in [0.1, 0.15) is 12.8 Å². The molecular formula is C21H20ClN3O7S3. The van der Waals surface area contributed by atoms with E-state index in [-0.39, 0.29) is 22.1 Å². The van der Waals surface area contributed by atoms with Crippen molar-refractivity contribution in [2.24, 2.45) is 4.99 Å². The second-order valence-corrected chi connectivity index (χ2v) is 12.6. The minimum atomic E-state index is -3.90. The van der Waals surface area contributed by atoms with Crippen molar-refractivity contribution in [3.8, 4) is 11.5 Å². The maximum atomic E-state index is 13.3. The number of nitrogens with zero attached hydrogens (tertiary/aromatic N) is 3. The van der Waals surface area contributed by atoms with Crippen molar-refractivity contribution in [1.29, 1.82) is 0 Å². The van der Waals surface area contributed by atoms with Gasteiger partial charge in [0.1, 0.15) is 30.0 Å². The lowest BCUT2D eigenvalue weighted by molar-refractivity contribution is -0.141. The van der Waals surface area contributed by atoms with Gasteiger partial charge in [-0.15, -0.1) is 11.3 Å². The average molecular weight is 558 g/mol. The van der Waals surface area contributed by atoms with Crippen molar-refractivity contribution in [1.82, 2.24) is 8.87 Å². The number of sulfonamides is 1. The Morgan fingerprint density at radius 2 is 1.94 bits per heavy atom. The molecule has 1 fully saturated rings. The van der Waals surface area contributed by atoms with Gasteiger partial charge in [-0.2, -0.15) is 9.30 Å². The molecule has 4 heterocycles. The first kappa shape index (κ1) is 24.3. The van der Waals surface area contributed by atoms with Crippen LogP contribution in [0.25, 0.3) is 10.2 Å². The highest BCUT2D eigenvalue weighted by atomic mass is 35.5. The molecule has 2 aliphatic heterocycles. The van der Waals surface area contributed by atoms with Crippen LogP contribution >= 0.6 is 34.3 Å². The molecule has 186 valence electrons. The molecule has 1 saturated heterocycles. The molecule has 0 aliphatic carbocycles. The number of benzene rings is 1. The SMILES string of the molecule is COC(=O)Cn1c(=NC(=O)C2CCCN2S(=O)(=O)c2ccc(Cl)s2)sc2cc3c(cc21)OCCO3. The predicted molar refractivity (Wildman–Crippen MR) is 130 cm³/mol. The molecule has 0 spiro atoms. The van der Waals surface area contributed by atoms with E-state index in [1.54, 1.807) is 16.7 Å². The Kier molecular flexibility index (Phi) is 6.61. The first-order valence-electron chi connectivity index (χ1n) is 10.6. The molecule has 2 aromatic heterocycles. The van der Waals surface area contributed by atoms with Gasteiger partial charge >= 0.3 is 5.97 Å². The molecule has 0 bridgehead atoms. The number of carbonyl (C=O) groups excluding carboxylic acids is 2. The molecule has 1 unspecified atom stereocenters. The summed E-state index contributed by atoms with van der Waals surface area (Å²) in [6.07, 6.45) is 0.874. The van der Waals surface area contributed by atoms with Crippen LogP contribution in [0.4, 0.5) is 0 Å². The standard InChI is InChI=1S/C21H20ClN3O7S3/c1-30-18(26)11-24-13-9-14-15(32-8-7-31-14)10-16(13)33-21(24)23-20(27)12-3-2-6-25(12)35(28,29)19-5-4-17(22)34-19/h4-5,9-10,12H,2-3,6-8,11H2,1H3. The topological polar surface area (TPSA) is 116 Å². The molecule has 1 amide bonds. The summed E-state index contributed by atoms with van der Waals surface area (Å²) in [5, 5.41) is 0. The van der Waals surface area contributed by atoms with E-state index in [2.05, 4.69) is 4.99 Å². The molecule has 35 heavy (non-hydrogen) atoms. The number of amides is 1. The number of thiazole rings is 1. The van der Waals surface area contributed by atoms with Crippen LogP contribution in [-0.4, -0.2) is 62.1 Å².